The number of non-ortho nitro benzene ring substituents is 1. The average molecular weight is 313 g/mol. The van der Waals surface area contributed by atoms with Gasteiger partial charge in [-0.1, -0.05) is 11.6 Å². The lowest BCUT2D eigenvalue weighted by Gasteiger charge is -2.08. The molecule has 6 nitrogen and oxygen atoms in total. The Morgan fingerprint density at radius 2 is 2.06 bits per heavy atom. The Bertz CT molecular complexity index is 547. The van der Waals surface area contributed by atoms with E-state index in [1.54, 1.807) is 0 Å². The molecular weight excluding hydrogens is 303 g/mol. The second-order valence-electron chi connectivity index (χ2n) is 3.38. The van der Waals surface area contributed by atoms with Crippen molar-refractivity contribution in [2.75, 3.05) is 16.4 Å². The smallest absolute Gasteiger partial charge is 0.271 e. The topological polar surface area (TPSA) is 89.3 Å². The van der Waals surface area contributed by atoms with Gasteiger partial charge in [0.15, 0.2) is 0 Å². The van der Waals surface area contributed by atoms with Crippen LogP contribution in [0.25, 0.3) is 0 Å². The summed E-state index contributed by atoms with van der Waals surface area (Å²) in [5.41, 5.74) is -0.255. The summed E-state index contributed by atoms with van der Waals surface area (Å²) in [6, 6.07) is 3.53. The summed E-state index contributed by atoms with van der Waals surface area (Å²) in [7, 11) is -3.60. The maximum Gasteiger partial charge on any atom is 0.271 e. The summed E-state index contributed by atoms with van der Waals surface area (Å²) in [5.74, 6) is 0.0408. The largest absolute Gasteiger partial charge is 0.282 e. The highest BCUT2D eigenvalue weighted by Gasteiger charge is 2.15. The van der Waals surface area contributed by atoms with Crippen molar-refractivity contribution in [1.82, 2.24) is 0 Å². The third-order valence-electron chi connectivity index (χ3n) is 1.97. The molecule has 0 aliphatic rings. The Morgan fingerprint density at radius 3 is 2.61 bits per heavy atom. The second-order valence-corrected chi connectivity index (χ2v) is 6.01. The van der Waals surface area contributed by atoms with E-state index in [1.165, 1.54) is 12.1 Å². The molecule has 1 rings (SSSR count). The van der Waals surface area contributed by atoms with Gasteiger partial charge < -0.3 is 0 Å². The van der Waals surface area contributed by atoms with E-state index in [0.717, 1.165) is 6.07 Å². The molecule has 100 valence electrons. The number of hydrogen-bond acceptors (Lipinski definition) is 4. The highest BCUT2D eigenvalue weighted by atomic mass is 35.5. The van der Waals surface area contributed by atoms with Crippen molar-refractivity contribution in [3.8, 4) is 0 Å². The van der Waals surface area contributed by atoms with Crippen molar-refractivity contribution in [1.29, 1.82) is 0 Å². The molecule has 1 N–H and O–H groups in total. The number of nitro groups is 1. The Kier molecular flexibility index (Phi) is 5.18. The molecule has 18 heavy (non-hydrogen) atoms. The Morgan fingerprint density at radius 1 is 1.39 bits per heavy atom. The number of nitrogens with zero attached hydrogens (tertiary/aromatic N) is 1. The standard InChI is InChI=1S/C9H10Cl2N2O4S/c10-4-1-5-18(16,17)12-9-6-7(13(14)15)2-3-8(9)11/h2-3,6,12H,1,4-5H2. The number of anilines is 1. The first-order valence-electron chi connectivity index (χ1n) is 4.86. The van der Waals surface area contributed by atoms with E-state index in [1.807, 2.05) is 0 Å². The number of alkyl halides is 1. The molecule has 9 heteroatoms. The number of rotatable bonds is 6. The zero-order valence-corrected chi connectivity index (χ0v) is 11.4. The number of sulfonamides is 1. The van der Waals surface area contributed by atoms with Crippen molar-refractivity contribution in [3.05, 3.63) is 33.3 Å². The van der Waals surface area contributed by atoms with Crippen LogP contribution in [-0.2, 0) is 10.0 Å². The van der Waals surface area contributed by atoms with Crippen LogP contribution >= 0.6 is 23.2 Å². The van der Waals surface area contributed by atoms with Crippen LogP contribution in [0.2, 0.25) is 5.02 Å². The van der Waals surface area contributed by atoms with Crippen LogP contribution in [0.3, 0.4) is 0 Å². The highest BCUT2D eigenvalue weighted by molar-refractivity contribution is 7.92. The summed E-state index contributed by atoms with van der Waals surface area (Å²) in [6.45, 7) is 0. The van der Waals surface area contributed by atoms with Gasteiger partial charge >= 0.3 is 0 Å². The van der Waals surface area contributed by atoms with Crippen molar-refractivity contribution >= 4 is 44.6 Å². The molecule has 0 saturated heterocycles. The van der Waals surface area contributed by atoms with E-state index in [0.29, 0.717) is 0 Å². The lowest BCUT2D eigenvalue weighted by molar-refractivity contribution is -0.384. The van der Waals surface area contributed by atoms with Crippen molar-refractivity contribution in [3.63, 3.8) is 0 Å². The average Bonchev–Trinajstić information content (AvgIpc) is 2.29. The molecule has 1 aromatic carbocycles. The quantitative estimate of drug-likeness (QED) is 0.496. The number of hydrogen-bond donors (Lipinski definition) is 1. The van der Waals surface area contributed by atoms with Gasteiger partial charge in [0, 0.05) is 18.0 Å². The first kappa shape index (κ1) is 15.0. The maximum absolute atomic E-state index is 11.6. The van der Waals surface area contributed by atoms with Crippen LogP contribution in [0.5, 0.6) is 0 Å². The Balaban J connectivity index is 2.96. The molecule has 0 atom stereocenters. The van der Waals surface area contributed by atoms with Crippen LogP contribution in [-0.4, -0.2) is 25.0 Å². The van der Waals surface area contributed by atoms with Crippen LogP contribution in [0.15, 0.2) is 18.2 Å². The molecule has 0 aliphatic heterocycles. The van der Waals surface area contributed by atoms with Crippen molar-refractivity contribution in [2.45, 2.75) is 6.42 Å². The summed E-state index contributed by atoms with van der Waals surface area (Å²) in [4.78, 5) is 9.94. The van der Waals surface area contributed by atoms with E-state index in [4.69, 9.17) is 23.2 Å². The third kappa shape index (κ3) is 4.32. The monoisotopic (exact) mass is 312 g/mol. The number of nitro benzene ring substituents is 1. The van der Waals surface area contributed by atoms with Gasteiger partial charge in [0.1, 0.15) is 0 Å². The van der Waals surface area contributed by atoms with E-state index in [9.17, 15) is 18.5 Å². The molecule has 0 heterocycles. The minimum Gasteiger partial charge on any atom is -0.282 e. The normalized spacial score (nSPS) is 11.2. The lowest BCUT2D eigenvalue weighted by atomic mass is 10.3. The predicted molar refractivity (Wildman–Crippen MR) is 70.9 cm³/mol. The molecule has 0 aromatic heterocycles. The van der Waals surface area contributed by atoms with E-state index in [-0.39, 0.29) is 34.5 Å². The molecule has 0 saturated carbocycles. The van der Waals surface area contributed by atoms with Crippen molar-refractivity contribution in [2.24, 2.45) is 0 Å². The van der Waals surface area contributed by atoms with Crippen molar-refractivity contribution < 1.29 is 13.3 Å². The predicted octanol–water partition coefficient (Wildman–Crippen LogP) is 2.62. The van der Waals surface area contributed by atoms with Gasteiger partial charge in [-0.25, -0.2) is 8.42 Å². The van der Waals surface area contributed by atoms with E-state index < -0.39 is 14.9 Å². The second kappa shape index (κ2) is 6.21. The van der Waals surface area contributed by atoms with Crippen LogP contribution in [0, 0.1) is 10.1 Å². The summed E-state index contributed by atoms with van der Waals surface area (Å²) >= 11 is 11.2. The molecule has 0 unspecified atom stereocenters. The van der Waals surface area contributed by atoms with Gasteiger partial charge in [0.25, 0.3) is 5.69 Å². The van der Waals surface area contributed by atoms with Gasteiger partial charge in [-0.3, -0.25) is 14.8 Å². The lowest BCUT2D eigenvalue weighted by Crippen LogP contribution is -2.17. The Labute approximate surface area is 114 Å². The van der Waals surface area contributed by atoms with Gasteiger partial charge in [-0.2, -0.15) is 0 Å². The van der Waals surface area contributed by atoms with Gasteiger partial charge in [-0.05, 0) is 12.5 Å². The molecule has 0 amide bonds. The highest BCUT2D eigenvalue weighted by Crippen LogP contribution is 2.27. The third-order valence-corrected chi connectivity index (χ3v) is 3.93. The summed E-state index contributed by atoms with van der Waals surface area (Å²) in [5, 5.41) is 10.7. The fourth-order valence-corrected chi connectivity index (χ4v) is 2.81. The summed E-state index contributed by atoms with van der Waals surface area (Å²) < 4.78 is 25.4. The van der Waals surface area contributed by atoms with Gasteiger partial charge in [-0.15, -0.1) is 11.6 Å². The van der Waals surface area contributed by atoms with Gasteiger partial charge in [0.05, 0.1) is 21.4 Å². The van der Waals surface area contributed by atoms with E-state index in [2.05, 4.69) is 4.72 Å². The molecule has 0 radical (unpaired) electrons. The van der Waals surface area contributed by atoms with E-state index >= 15 is 0 Å². The molecule has 0 bridgehead atoms. The molecule has 0 aliphatic carbocycles. The first-order chi connectivity index (χ1) is 8.35. The molecule has 0 fully saturated rings. The van der Waals surface area contributed by atoms with Gasteiger partial charge in [0.2, 0.25) is 10.0 Å². The zero-order chi connectivity index (χ0) is 13.8. The zero-order valence-electron chi connectivity index (χ0n) is 9.10. The maximum atomic E-state index is 11.6. The Hall–Kier alpha value is -1.05. The minimum atomic E-state index is -3.60. The minimum absolute atomic E-state index is 0.0135. The molecular formula is C9H10Cl2N2O4S. The number of benzene rings is 1. The molecule has 1 aromatic rings. The van der Waals surface area contributed by atoms with Crippen LogP contribution < -0.4 is 4.72 Å². The fraction of sp³-hybridized carbons (Fsp3) is 0.333. The SMILES string of the molecule is O=[N+]([O-])c1ccc(Cl)c(NS(=O)(=O)CCCCl)c1. The van der Waals surface area contributed by atoms with Crippen LogP contribution in [0.4, 0.5) is 11.4 Å². The number of nitrogens with one attached hydrogen (secondary N) is 1. The summed E-state index contributed by atoms with van der Waals surface area (Å²) in [6.07, 6.45) is 0.281. The fourth-order valence-electron chi connectivity index (χ4n) is 1.17. The first-order valence-corrected chi connectivity index (χ1v) is 7.42. The number of halogens is 2. The molecule has 0 spiro atoms. The van der Waals surface area contributed by atoms with Crippen LogP contribution in [0.1, 0.15) is 6.42 Å².